The van der Waals surface area contributed by atoms with Gasteiger partial charge in [0, 0.05) is 37.3 Å². The molecule has 0 radical (unpaired) electrons. The summed E-state index contributed by atoms with van der Waals surface area (Å²) >= 11 is 0. The van der Waals surface area contributed by atoms with Crippen LogP contribution in [-0.4, -0.2) is 31.4 Å². The molecule has 0 aliphatic carbocycles. The van der Waals surface area contributed by atoms with Crippen molar-refractivity contribution in [3.8, 4) is 0 Å². The van der Waals surface area contributed by atoms with Gasteiger partial charge in [0.2, 0.25) is 5.91 Å². The van der Waals surface area contributed by atoms with E-state index in [1.807, 2.05) is 0 Å². The summed E-state index contributed by atoms with van der Waals surface area (Å²) in [5, 5.41) is 5.71. The topological polar surface area (TPSA) is 110 Å². The Hall–Kier alpha value is -2.08. The fourth-order valence-corrected chi connectivity index (χ4v) is 1.36. The highest BCUT2D eigenvalue weighted by Crippen LogP contribution is 2.09. The molecule has 1 aromatic rings. The molecular formula is C12H18N4O2. The summed E-state index contributed by atoms with van der Waals surface area (Å²) < 4.78 is 0. The number of nitrogens with one attached hydrogen (secondary N) is 2. The van der Waals surface area contributed by atoms with Crippen LogP contribution in [0.15, 0.2) is 24.3 Å². The van der Waals surface area contributed by atoms with Crippen molar-refractivity contribution in [2.75, 3.05) is 25.0 Å². The van der Waals surface area contributed by atoms with Gasteiger partial charge in [0.25, 0.3) is 5.91 Å². The van der Waals surface area contributed by atoms with Crippen molar-refractivity contribution in [2.24, 2.45) is 11.5 Å². The number of carbonyl (C=O) groups is 2. The number of hydrogen-bond acceptors (Lipinski definition) is 4. The molecule has 0 heterocycles. The number of anilines is 1. The van der Waals surface area contributed by atoms with Gasteiger partial charge in [-0.3, -0.25) is 9.59 Å². The molecule has 0 saturated heterocycles. The van der Waals surface area contributed by atoms with Crippen molar-refractivity contribution >= 4 is 17.5 Å². The van der Waals surface area contributed by atoms with Crippen molar-refractivity contribution in [3.63, 3.8) is 0 Å². The minimum absolute atomic E-state index is 0.149. The molecule has 0 aromatic heterocycles. The summed E-state index contributed by atoms with van der Waals surface area (Å²) in [7, 11) is 0. The fraction of sp³-hybridized carbons (Fsp3) is 0.333. The lowest BCUT2D eigenvalue weighted by atomic mass is 10.2. The molecule has 6 N–H and O–H groups in total. The minimum Gasteiger partial charge on any atom is -0.385 e. The highest BCUT2D eigenvalue weighted by molar-refractivity contribution is 5.94. The normalized spacial score (nSPS) is 9.83. The summed E-state index contributed by atoms with van der Waals surface area (Å²) in [5.41, 5.74) is 11.7. The van der Waals surface area contributed by atoms with E-state index >= 15 is 0 Å². The first-order valence-electron chi connectivity index (χ1n) is 5.74. The average molecular weight is 250 g/mol. The van der Waals surface area contributed by atoms with E-state index < -0.39 is 0 Å². The van der Waals surface area contributed by atoms with E-state index in [-0.39, 0.29) is 18.2 Å². The molecule has 0 unspecified atom stereocenters. The van der Waals surface area contributed by atoms with Crippen LogP contribution < -0.4 is 22.1 Å². The van der Waals surface area contributed by atoms with Crippen LogP contribution in [0.2, 0.25) is 0 Å². The molecule has 6 nitrogen and oxygen atoms in total. The van der Waals surface area contributed by atoms with Gasteiger partial charge in [0.05, 0.1) is 0 Å². The third-order valence-corrected chi connectivity index (χ3v) is 2.28. The number of rotatable bonds is 7. The Morgan fingerprint density at radius 2 is 1.78 bits per heavy atom. The van der Waals surface area contributed by atoms with E-state index in [9.17, 15) is 9.59 Å². The summed E-state index contributed by atoms with van der Waals surface area (Å²) in [4.78, 5) is 22.1. The van der Waals surface area contributed by atoms with Gasteiger partial charge in [-0.15, -0.1) is 0 Å². The standard InChI is InChI=1S/C12H18N4O2/c13-6-8-16-12(18)9-1-3-10(4-2-9)15-7-5-11(14)17/h1-4,15H,5-8,13H2,(H2,14,17)(H,16,18). The minimum atomic E-state index is -0.347. The summed E-state index contributed by atoms with van der Waals surface area (Å²) in [5.74, 6) is -0.496. The highest BCUT2D eigenvalue weighted by atomic mass is 16.2. The average Bonchev–Trinajstić information content (AvgIpc) is 2.36. The van der Waals surface area contributed by atoms with E-state index in [0.717, 1.165) is 5.69 Å². The zero-order chi connectivity index (χ0) is 13.4. The first-order chi connectivity index (χ1) is 8.63. The molecule has 18 heavy (non-hydrogen) atoms. The highest BCUT2D eigenvalue weighted by Gasteiger charge is 2.03. The Bertz CT molecular complexity index is 403. The number of primary amides is 1. The van der Waals surface area contributed by atoms with Gasteiger partial charge in [0.15, 0.2) is 0 Å². The van der Waals surface area contributed by atoms with E-state index in [1.54, 1.807) is 24.3 Å². The van der Waals surface area contributed by atoms with Crippen molar-refractivity contribution in [2.45, 2.75) is 6.42 Å². The Kier molecular flexibility index (Phi) is 5.66. The Morgan fingerprint density at radius 3 is 2.33 bits per heavy atom. The van der Waals surface area contributed by atoms with Crippen molar-refractivity contribution < 1.29 is 9.59 Å². The predicted octanol–water partition coefficient (Wildman–Crippen LogP) is -0.338. The summed E-state index contributed by atoms with van der Waals surface area (Å²) in [6.45, 7) is 1.35. The zero-order valence-electron chi connectivity index (χ0n) is 10.1. The molecule has 0 bridgehead atoms. The van der Waals surface area contributed by atoms with E-state index in [1.165, 1.54) is 0 Å². The van der Waals surface area contributed by atoms with Crippen molar-refractivity contribution in [1.82, 2.24) is 5.32 Å². The molecule has 0 atom stereocenters. The maximum atomic E-state index is 11.6. The van der Waals surface area contributed by atoms with Crippen LogP contribution in [0, 0.1) is 0 Å². The fourth-order valence-electron chi connectivity index (χ4n) is 1.36. The van der Waals surface area contributed by atoms with Gasteiger partial charge in [-0.1, -0.05) is 0 Å². The number of amides is 2. The summed E-state index contributed by atoms with van der Waals surface area (Å²) in [6.07, 6.45) is 0.277. The second kappa shape index (κ2) is 7.29. The first-order valence-corrected chi connectivity index (χ1v) is 5.74. The summed E-state index contributed by atoms with van der Waals surface area (Å²) in [6, 6.07) is 6.97. The quantitative estimate of drug-likeness (QED) is 0.530. The SMILES string of the molecule is NCCNC(=O)c1ccc(NCCC(N)=O)cc1. The molecular weight excluding hydrogens is 232 g/mol. The lowest BCUT2D eigenvalue weighted by Crippen LogP contribution is -2.28. The third kappa shape index (κ3) is 4.84. The molecule has 0 spiro atoms. The molecule has 1 aromatic carbocycles. The molecule has 2 amide bonds. The zero-order valence-corrected chi connectivity index (χ0v) is 10.1. The molecule has 98 valence electrons. The van der Waals surface area contributed by atoms with Crippen LogP contribution in [-0.2, 0) is 4.79 Å². The lowest BCUT2D eigenvalue weighted by molar-refractivity contribution is -0.117. The van der Waals surface area contributed by atoms with Crippen LogP contribution in [0.5, 0.6) is 0 Å². The van der Waals surface area contributed by atoms with Gasteiger partial charge in [-0.2, -0.15) is 0 Å². The van der Waals surface area contributed by atoms with Crippen LogP contribution in [0.1, 0.15) is 16.8 Å². The molecule has 0 aliphatic heterocycles. The number of carbonyl (C=O) groups excluding carboxylic acids is 2. The van der Waals surface area contributed by atoms with Gasteiger partial charge >= 0.3 is 0 Å². The maximum Gasteiger partial charge on any atom is 0.251 e. The molecule has 0 saturated carbocycles. The van der Waals surface area contributed by atoms with Crippen LogP contribution in [0.25, 0.3) is 0 Å². The maximum absolute atomic E-state index is 11.6. The van der Waals surface area contributed by atoms with Gasteiger partial charge < -0.3 is 22.1 Å². The van der Waals surface area contributed by atoms with Crippen LogP contribution >= 0.6 is 0 Å². The van der Waals surface area contributed by atoms with E-state index in [0.29, 0.717) is 25.2 Å². The second-order valence-corrected chi connectivity index (χ2v) is 3.77. The van der Waals surface area contributed by atoms with Gasteiger partial charge in [0.1, 0.15) is 0 Å². The number of benzene rings is 1. The van der Waals surface area contributed by atoms with Crippen molar-refractivity contribution in [3.05, 3.63) is 29.8 Å². The smallest absolute Gasteiger partial charge is 0.251 e. The number of hydrogen-bond donors (Lipinski definition) is 4. The second-order valence-electron chi connectivity index (χ2n) is 3.77. The first kappa shape index (κ1) is 14.0. The van der Waals surface area contributed by atoms with E-state index in [4.69, 9.17) is 11.5 Å². The molecule has 0 fully saturated rings. The lowest BCUT2D eigenvalue weighted by Gasteiger charge is -2.07. The van der Waals surface area contributed by atoms with Crippen LogP contribution in [0.3, 0.4) is 0 Å². The number of nitrogens with two attached hydrogens (primary N) is 2. The predicted molar refractivity (Wildman–Crippen MR) is 70.1 cm³/mol. The van der Waals surface area contributed by atoms with Crippen LogP contribution in [0.4, 0.5) is 5.69 Å². The molecule has 1 rings (SSSR count). The van der Waals surface area contributed by atoms with Gasteiger partial charge in [-0.05, 0) is 24.3 Å². The monoisotopic (exact) mass is 250 g/mol. The largest absolute Gasteiger partial charge is 0.385 e. The molecule has 6 heteroatoms. The Morgan fingerprint density at radius 1 is 1.11 bits per heavy atom. The Labute approximate surface area is 106 Å². The van der Waals surface area contributed by atoms with Gasteiger partial charge in [-0.25, -0.2) is 0 Å². The Balaban J connectivity index is 2.46. The van der Waals surface area contributed by atoms with E-state index in [2.05, 4.69) is 10.6 Å². The molecule has 0 aliphatic rings. The van der Waals surface area contributed by atoms with Crippen molar-refractivity contribution in [1.29, 1.82) is 0 Å². The third-order valence-electron chi connectivity index (χ3n) is 2.28.